The standard InChI is InChI=1S/C6H3Cl3.C2H3FO2/c7-4-1-2-5(8)6(9)3-4;3-1-2(4)5/h1-3H;1H2,(H,4,5). The van der Waals surface area contributed by atoms with Crippen LogP contribution >= 0.6 is 34.8 Å². The van der Waals surface area contributed by atoms with Gasteiger partial charge in [0.1, 0.15) is 0 Å². The molecule has 0 unspecified atom stereocenters. The molecule has 0 bridgehead atoms. The van der Waals surface area contributed by atoms with Gasteiger partial charge in [-0.2, -0.15) is 0 Å². The van der Waals surface area contributed by atoms with Crippen molar-refractivity contribution in [3.63, 3.8) is 0 Å². The zero-order valence-electron chi connectivity index (χ0n) is 6.81. The number of alkyl halides is 1. The van der Waals surface area contributed by atoms with E-state index in [1.54, 1.807) is 18.2 Å². The van der Waals surface area contributed by atoms with E-state index in [0.29, 0.717) is 15.1 Å². The number of rotatable bonds is 1. The quantitative estimate of drug-likeness (QED) is 0.781. The number of carboxylic acids is 1. The van der Waals surface area contributed by atoms with E-state index in [9.17, 15) is 4.39 Å². The van der Waals surface area contributed by atoms with Crippen molar-refractivity contribution in [1.82, 2.24) is 0 Å². The Bertz CT molecular complexity index is 317. The van der Waals surface area contributed by atoms with Crippen molar-refractivity contribution in [2.24, 2.45) is 0 Å². The van der Waals surface area contributed by atoms with Crippen molar-refractivity contribution >= 4 is 40.8 Å². The molecule has 0 radical (unpaired) electrons. The van der Waals surface area contributed by atoms with Gasteiger partial charge in [0.2, 0.25) is 0 Å². The highest BCUT2D eigenvalue weighted by molar-refractivity contribution is 6.43. The molecular formula is C8H6Cl3FO2. The van der Waals surface area contributed by atoms with Gasteiger partial charge in [-0.15, -0.1) is 0 Å². The van der Waals surface area contributed by atoms with Gasteiger partial charge < -0.3 is 5.11 Å². The SMILES string of the molecule is Clc1ccc(Cl)c(Cl)c1.O=C(O)CF. The van der Waals surface area contributed by atoms with Gasteiger partial charge in [0.25, 0.3) is 0 Å². The fourth-order valence-electron chi connectivity index (χ4n) is 0.470. The summed E-state index contributed by atoms with van der Waals surface area (Å²) in [5.41, 5.74) is 0. The smallest absolute Gasteiger partial charge is 0.335 e. The number of hydrogen-bond acceptors (Lipinski definition) is 1. The van der Waals surface area contributed by atoms with Crippen LogP contribution in [0, 0.1) is 0 Å². The first-order valence-electron chi connectivity index (χ1n) is 3.35. The van der Waals surface area contributed by atoms with Crippen LogP contribution in [-0.4, -0.2) is 17.8 Å². The van der Waals surface area contributed by atoms with Crippen molar-refractivity contribution in [2.75, 3.05) is 6.67 Å². The first kappa shape index (κ1) is 13.5. The van der Waals surface area contributed by atoms with Crippen LogP contribution in [-0.2, 0) is 4.79 Å². The summed E-state index contributed by atoms with van der Waals surface area (Å²) in [6.45, 7) is -1.28. The molecule has 0 aliphatic heterocycles. The van der Waals surface area contributed by atoms with Crippen molar-refractivity contribution in [3.8, 4) is 0 Å². The van der Waals surface area contributed by atoms with Gasteiger partial charge >= 0.3 is 5.97 Å². The summed E-state index contributed by atoms with van der Waals surface area (Å²) < 4.78 is 10.5. The number of aliphatic carboxylic acids is 1. The van der Waals surface area contributed by atoms with Crippen molar-refractivity contribution in [2.45, 2.75) is 0 Å². The Morgan fingerprint density at radius 3 is 2.07 bits per heavy atom. The minimum absolute atomic E-state index is 0.490. The van der Waals surface area contributed by atoms with Crippen molar-refractivity contribution in [1.29, 1.82) is 0 Å². The van der Waals surface area contributed by atoms with Gasteiger partial charge in [-0.25, -0.2) is 9.18 Å². The van der Waals surface area contributed by atoms with Gasteiger partial charge in [-0.1, -0.05) is 34.8 Å². The van der Waals surface area contributed by atoms with Crippen LogP contribution in [0.3, 0.4) is 0 Å². The summed E-state index contributed by atoms with van der Waals surface area (Å²) in [5.74, 6) is -1.41. The highest BCUT2D eigenvalue weighted by Gasteiger charge is 1.94. The Morgan fingerprint density at radius 2 is 1.79 bits per heavy atom. The van der Waals surface area contributed by atoms with Crippen molar-refractivity contribution < 1.29 is 14.3 Å². The number of carbonyl (C=O) groups is 1. The lowest BCUT2D eigenvalue weighted by Crippen LogP contribution is -1.93. The van der Waals surface area contributed by atoms with Crippen LogP contribution in [0.5, 0.6) is 0 Å². The van der Waals surface area contributed by atoms with Crippen LogP contribution in [0.15, 0.2) is 18.2 Å². The molecule has 0 aromatic heterocycles. The van der Waals surface area contributed by atoms with E-state index in [1.807, 2.05) is 0 Å². The molecule has 1 rings (SSSR count). The molecule has 78 valence electrons. The Balaban J connectivity index is 0.000000292. The van der Waals surface area contributed by atoms with Gasteiger partial charge in [0.05, 0.1) is 10.0 Å². The minimum Gasteiger partial charge on any atom is -0.479 e. The monoisotopic (exact) mass is 258 g/mol. The molecular weight excluding hydrogens is 253 g/mol. The summed E-state index contributed by atoms with van der Waals surface area (Å²) in [4.78, 5) is 8.99. The van der Waals surface area contributed by atoms with Crippen LogP contribution < -0.4 is 0 Å². The Hall–Kier alpha value is -0.510. The summed E-state index contributed by atoms with van der Waals surface area (Å²) in [7, 11) is 0. The second-order valence-corrected chi connectivity index (χ2v) is 3.34. The summed E-state index contributed by atoms with van der Waals surface area (Å²) in [6, 6.07) is 4.95. The number of hydrogen-bond donors (Lipinski definition) is 1. The molecule has 6 heteroatoms. The first-order valence-corrected chi connectivity index (χ1v) is 4.49. The molecule has 0 atom stereocenters. The summed E-state index contributed by atoms with van der Waals surface area (Å²) in [5, 5.41) is 8.97. The van der Waals surface area contributed by atoms with E-state index in [2.05, 4.69) is 0 Å². The molecule has 0 fully saturated rings. The zero-order chi connectivity index (χ0) is 11.1. The molecule has 1 aromatic rings. The number of halogens is 4. The Kier molecular flexibility index (Phi) is 6.62. The van der Waals surface area contributed by atoms with E-state index in [-0.39, 0.29) is 0 Å². The third kappa shape index (κ3) is 6.02. The molecule has 0 amide bonds. The molecule has 0 spiro atoms. The van der Waals surface area contributed by atoms with Crippen molar-refractivity contribution in [3.05, 3.63) is 33.3 Å². The van der Waals surface area contributed by atoms with Gasteiger partial charge in [0.15, 0.2) is 6.67 Å². The van der Waals surface area contributed by atoms with Gasteiger partial charge in [-0.05, 0) is 18.2 Å². The van der Waals surface area contributed by atoms with Crippen LogP contribution in [0.1, 0.15) is 0 Å². The van der Waals surface area contributed by atoms with E-state index in [1.165, 1.54) is 0 Å². The molecule has 0 aliphatic carbocycles. The second-order valence-electron chi connectivity index (χ2n) is 2.09. The largest absolute Gasteiger partial charge is 0.479 e. The molecule has 1 N–H and O–H groups in total. The molecule has 2 nitrogen and oxygen atoms in total. The Labute approximate surface area is 95.2 Å². The molecule has 0 saturated carbocycles. The maximum absolute atomic E-state index is 10.5. The van der Waals surface area contributed by atoms with Gasteiger partial charge in [-0.3, -0.25) is 0 Å². The molecule has 0 saturated heterocycles. The number of benzene rings is 1. The highest BCUT2D eigenvalue weighted by atomic mass is 35.5. The lowest BCUT2D eigenvalue weighted by Gasteiger charge is -1.92. The minimum atomic E-state index is -1.41. The average Bonchev–Trinajstić information content (AvgIpc) is 2.13. The third-order valence-corrected chi connectivity index (χ3v) is 1.97. The van der Waals surface area contributed by atoms with E-state index < -0.39 is 12.6 Å². The normalized spacial score (nSPS) is 8.86. The van der Waals surface area contributed by atoms with Crippen LogP contribution in [0.4, 0.5) is 4.39 Å². The second kappa shape index (κ2) is 6.87. The molecule has 14 heavy (non-hydrogen) atoms. The maximum Gasteiger partial charge on any atom is 0.335 e. The predicted molar refractivity (Wildman–Crippen MR) is 55.1 cm³/mol. The highest BCUT2D eigenvalue weighted by Crippen LogP contribution is 2.24. The fourth-order valence-corrected chi connectivity index (χ4v) is 0.997. The first-order chi connectivity index (χ1) is 6.47. The van der Waals surface area contributed by atoms with Crippen LogP contribution in [0.25, 0.3) is 0 Å². The molecule has 0 aliphatic rings. The third-order valence-electron chi connectivity index (χ3n) is 0.996. The molecule has 0 heterocycles. The summed E-state index contributed by atoms with van der Waals surface area (Å²) in [6.07, 6.45) is 0. The fraction of sp³-hybridized carbons (Fsp3) is 0.125. The maximum atomic E-state index is 10.5. The Morgan fingerprint density at radius 1 is 1.29 bits per heavy atom. The summed E-state index contributed by atoms with van der Waals surface area (Å²) >= 11 is 16.8. The van der Waals surface area contributed by atoms with E-state index >= 15 is 0 Å². The topological polar surface area (TPSA) is 37.3 Å². The number of carboxylic acid groups (broad SMARTS) is 1. The lowest BCUT2D eigenvalue weighted by atomic mass is 10.4. The lowest BCUT2D eigenvalue weighted by molar-refractivity contribution is -0.137. The average molecular weight is 259 g/mol. The van der Waals surface area contributed by atoms with Gasteiger partial charge in [0, 0.05) is 5.02 Å². The zero-order valence-corrected chi connectivity index (χ0v) is 9.07. The predicted octanol–water partition coefficient (Wildman–Crippen LogP) is 3.69. The van der Waals surface area contributed by atoms with E-state index in [0.717, 1.165) is 0 Å². The van der Waals surface area contributed by atoms with E-state index in [4.69, 9.17) is 44.7 Å². The molecule has 1 aromatic carbocycles. The van der Waals surface area contributed by atoms with Crippen LogP contribution in [0.2, 0.25) is 15.1 Å².